The van der Waals surface area contributed by atoms with Crippen LogP contribution in [0, 0.1) is 0 Å². The van der Waals surface area contributed by atoms with Crippen LogP contribution in [0.1, 0.15) is 19.4 Å². The number of carbonyl (C=O) groups excluding carboxylic acids is 1. The van der Waals surface area contributed by atoms with Crippen molar-refractivity contribution in [2.24, 2.45) is 5.73 Å². The van der Waals surface area contributed by atoms with E-state index >= 15 is 0 Å². The minimum Gasteiger partial charge on any atom is -0.393 e. The van der Waals surface area contributed by atoms with Crippen molar-refractivity contribution in [3.05, 3.63) is 29.8 Å². The normalized spacial score (nSPS) is 19.9. The van der Waals surface area contributed by atoms with E-state index in [0.717, 1.165) is 9.87 Å². The van der Waals surface area contributed by atoms with E-state index in [0.29, 0.717) is 17.1 Å². The molecule has 0 unspecified atom stereocenters. The highest BCUT2D eigenvalue weighted by Crippen LogP contribution is 2.38. The summed E-state index contributed by atoms with van der Waals surface area (Å²) in [5, 5.41) is 0. The summed E-state index contributed by atoms with van der Waals surface area (Å²) in [5.41, 5.74) is 6.65. The Kier molecular flexibility index (Phi) is 3.14. The Hall–Kier alpha value is -1.47. The zero-order valence-corrected chi connectivity index (χ0v) is 12.2. The predicted molar refractivity (Wildman–Crippen MR) is 77.4 cm³/mol. The maximum absolute atomic E-state index is 12.0. The molecule has 1 aromatic rings. The quantitative estimate of drug-likeness (QED) is 0.841. The largest absolute Gasteiger partial charge is 0.393 e. The van der Waals surface area contributed by atoms with Gasteiger partial charge in [0.15, 0.2) is 4.75 Å². The molecule has 1 heterocycles. The molecule has 1 aromatic carbocycles. The van der Waals surface area contributed by atoms with E-state index in [2.05, 4.69) is 0 Å². The molecule has 0 atom stereocenters. The lowest BCUT2D eigenvalue weighted by Crippen LogP contribution is -2.67. The second kappa shape index (κ2) is 4.28. The number of sulfonamides is 1. The fraction of sp³-hybridized carbons (Fsp3) is 0.333. The SMILES string of the molecule is CC1(C)C(=O)N(c2ccc(CC(N)=S)cc2)S1(=O)=O. The summed E-state index contributed by atoms with van der Waals surface area (Å²) in [6.07, 6.45) is 0.446. The highest BCUT2D eigenvalue weighted by Gasteiger charge is 2.60. The van der Waals surface area contributed by atoms with Crippen molar-refractivity contribution in [1.82, 2.24) is 0 Å². The fourth-order valence-electron chi connectivity index (χ4n) is 1.86. The molecule has 0 bridgehead atoms. The Bertz CT molecular complexity index is 648. The zero-order valence-electron chi connectivity index (χ0n) is 10.6. The molecule has 0 aliphatic carbocycles. The molecule has 7 heteroatoms. The number of benzene rings is 1. The number of anilines is 1. The Labute approximate surface area is 117 Å². The van der Waals surface area contributed by atoms with Gasteiger partial charge in [-0.05, 0) is 31.5 Å². The van der Waals surface area contributed by atoms with Gasteiger partial charge in [0.05, 0.1) is 10.7 Å². The number of hydrogen-bond acceptors (Lipinski definition) is 4. The zero-order chi connectivity index (χ0) is 14.4. The van der Waals surface area contributed by atoms with E-state index in [9.17, 15) is 13.2 Å². The molecule has 2 rings (SSSR count). The van der Waals surface area contributed by atoms with Crippen LogP contribution in [-0.4, -0.2) is 24.1 Å². The third-order valence-electron chi connectivity index (χ3n) is 3.13. The van der Waals surface area contributed by atoms with Crippen molar-refractivity contribution >= 4 is 38.8 Å². The lowest BCUT2D eigenvalue weighted by Gasteiger charge is -2.42. The average Bonchev–Trinajstić information content (AvgIpc) is 2.30. The number of thiocarbonyl (C=S) groups is 1. The molecule has 1 amide bonds. The minimum absolute atomic E-state index is 0.344. The first kappa shape index (κ1) is 14.0. The second-order valence-electron chi connectivity index (χ2n) is 4.89. The van der Waals surface area contributed by atoms with Gasteiger partial charge in [0.2, 0.25) is 0 Å². The van der Waals surface area contributed by atoms with Gasteiger partial charge in [0.25, 0.3) is 15.9 Å². The summed E-state index contributed by atoms with van der Waals surface area (Å²) in [7, 11) is -3.61. The maximum Gasteiger partial charge on any atom is 0.263 e. The number of amides is 1. The summed E-state index contributed by atoms with van der Waals surface area (Å²) in [5.74, 6) is -0.422. The van der Waals surface area contributed by atoms with Crippen molar-refractivity contribution in [3.63, 3.8) is 0 Å². The summed E-state index contributed by atoms with van der Waals surface area (Å²) >= 11 is 4.80. The second-order valence-corrected chi connectivity index (χ2v) is 7.75. The maximum atomic E-state index is 12.0. The van der Waals surface area contributed by atoms with Crippen LogP contribution in [0.3, 0.4) is 0 Å². The van der Waals surface area contributed by atoms with Gasteiger partial charge < -0.3 is 5.73 Å². The summed E-state index contributed by atoms with van der Waals surface area (Å²) in [6.45, 7) is 2.81. The van der Waals surface area contributed by atoms with Gasteiger partial charge in [0.1, 0.15) is 0 Å². The molecule has 19 heavy (non-hydrogen) atoms. The van der Waals surface area contributed by atoms with Crippen LogP contribution in [0.25, 0.3) is 0 Å². The van der Waals surface area contributed by atoms with E-state index in [4.69, 9.17) is 18.0 Å². The monoisotopic (exact) mass is 298 g/mol. The van der Waals surface area contributed by atoms with E-state index in [-0.39, 0.29) is 0 Å². The molecular weight excluding hydrogens is 284 g/mol. The van der Waals surface area contributed by atoms with Crippen molar-refractivity contribution in [2.75, 3.05) is 4.31 Å². The van der Waals surface area contributed by atoms with E-state index in [1.807, 2.05) is 0 Å². The van der Waals surface area contributed by atoms with Crippen molar-refractivity contribution in [1.29, 1.82) is 0 Å². The highest BCUT2D eigenvalue weighted by atomic mass is 32.2. The summed E-state index contributed by atoms with van der Waals surface area (Å²) in [6, 6.07) is 6.59. The first-order valence-corrected chi connectivity index (χ1v) is 7.49. The summed E-state index contributed by atoms with van der Waals surface area (Å²) < 4.78 is 23.5. The van der Waals surface area contributed by atoms with Crippen LogP contribution >= 0.6 is 12.2 Å². The highest BCUT2D eigenvalue weighted by molar-refractivity contribution is 7.98. The third kappa shape index (κ3) is 2.02. The molecule has 0 saturated carbocycles. The number of nitrogens with two attached hydrogens (primary N) is 1. The number of rotatable bonds is 3. The molecule has 0 spiro atoms. The molecular formula is C12H14N2O3S2. The van der Waals surface area contributed by atoms with Crippen LogP contribution in [-0.2, 0) is 21.2 Å². The Morgan fingerprint density at radius 3 is 2.26 bits per heavy atom. The lowest BCUT2D eigenvalue weighted by molar-refractivity contribution is -0.120. The van der Waals surface area contributed by atoms with Crippen LogP contribution < -0.4 is 10.0 Å². The van der Waals surface area contributed by atoms with Gasteiger partial charge in [0, 0.05) is 6.42 Å². The van der Waals surface area contributed by atoms with Gasteiger partial charge in [-0.25, -0.2) is 12.7 Å². The fourth-order valence-corrected chi connectivity index (χ4v) is 3.51. The van der Waals surface area contributed by atoms with Gasteiger partial charge in [-0.3, -0.25) is 4.79 Å². The number of hydrogen-bond donors (Lipinski definition) is 1. The van der Waals surface area contributed by atoms with Crippen LogP contribution in [0.5, 0.6) is 0 Å². The first-order valence-electron chi connectivity index (χ1n) is 5.64. The van der Waals surface area contributed by atoms with Crippen molar-refractivity contribution in [3.8, 4) is 0 Å². The summed E-state index contributed by atoms with van der Waals surface area (Å²) in [4.78, 5) is 12.2. The third-order valence-corrected chi connectivity index (χ3v) is 5.60. The Morgan fingerprint density at radius 1 is 1.32 bits per heavy atom. The van der Waals surface area contributed by atoms with Crippen LogP contribution in [0.2, 0.25) is 0 Å². The van der Waals surface area contributed by atoms with E-state index in [1.165, 1.54) is 13.8 Å². The van der Waals surface area contributed by atoms with Gasteiger partial charge in [-0.2, -0.15) is 0 Å². The number of carbonyl (C=O) groups is 1. The van der Waals surface area contributed by atoms with Gasteiger partial charge >= 0.3 is 0 Å². The molecule has 1 fully saturated rings. The molecule has 1 aliphatic heterocycles. The van der Waals surface area contributed by atoms with Gasteiger partial charge in [-0.15, -0.1) is 0 Å². The Morgan fingerprint density at radius 2 is 1.84 bits per heavy atom. The molecule has 1 saturated heterocycles. The smallest absolute Gasteiger partial charge is 0.263 e. The molecule has 5 nitrogen and oxygen atoms in total. The van der Waals surface area contributed by atoms with E-state index in [1.54, 1.807) is 24.3 Å². The topological polar surface area (TPSA) is 80.5 Å². The molecule has 1 aliphatic rings. The first-order chi connectivity index (χ1) is 8.68. The predicted octanol–water partition coefficient (Wildman–Crippen LogP) is 0.970. The minimum atomic E-state index is -3.61. The van der Waals surface area contributed by atoms with Crippen LogP contribution in [0.15, 0.2) is 24.3 Å². The molecule has 0 aromatic heterocycles. The van der Waals surface area contributed by atoms with Crippen LogP contribution in [0.4, 0.5) is 5.69 Å². The van der Waals surface area contributed by atoms with Crippen molar-refractivity contribution < 1.29 is 13.2 Å². The number of nitrogens with zero attached hydrogens (tertiary/aromatic N) is 1. The standard InChI is InChI=1S/C12H14N2O3S2/c1-12(2)11(15)14(19(12,16)17)9-5-3-8(4-6-9)7-10(13)18/h3-6H,7H2,1-2H3,(H2,13,18). The van der Waals surface area contributed by atoms with Crippen molar-refractivity contribution in [2.45, 2.75) is 25.0 Å². The molecule has 102 valence electrons. The Balaban J connectivity index is 2.30. The van der Waals surface area contributed by atoms with E-state index < -0.39 is 20.7 Å². The molecule has 0 radical (unpaired) electrons. The molecule has 2 N–H and O–H groups in total. The average molecular weight is 298 g/mol. The van der Waals surface area contributed by atoms with Gasteiger partial charge in [-0.1, -0.05) is 24.4 Å². The lowest BCUT2D eigenvalue weighted by atomic mass is 10.1.